The Labute approximate surface area is 111 Å². The van der Waals surface area contributed by atoms with Crippen molar-refractivity contribution in [3.8, 4) is 5.75 Å². The van der Waals surface area contributed by atoms with Crippen LogP contribution >= 0.6 is 23.4 Å². The van der Waals surface area contributed by atoms with Crippen LogP contribution in [0.15, 0.2) is 18.2 Å². The molecule has 0 saturated carbocycles. The molecule has 1 aliphatic heterocycles. The van der Waals surface area contributed by atoms with Gasteiger partial charge in [-0.1, -0.05) is 18.5 Å². The molecule has 0 aliphatic carbocycles. The van der Waals surface area contributed by atoms with Crippen molar-refractivity contribution in [1.82, 2.24) is 0 Å². The highest BCUT2D eigenvalue weighted by molar-refractivity contribution is 7.99. The molecule has 2 atom stereocenters. The Morgan fingerprint density at radius 3 is 3.18 bits per heavy atom. The molecule has 0 bridgehead atoms. The highest BCUT2D eigenvalue weighted by Gasteiger charge is 2.23. The van der Waals surface area contributed by atoms with E-state index in [4.69, 9.17) is 21.4 Å². The summed E-state index contributed by atoms with van der Waals surface area (Å²) in [5.41, 5.74) is 1.21. The topological polar surface area (TPSA) is 29.5 Å². The van der Waals surface area contributed by atoms with E-state index < -0.39 is 0 Å². The normalized spacial score (nSPS) is 19.8. The van der Waals surface area contributed by atoms with Gasteiger partial charge < -0.3 is 9.84 Å². The number of thioether (sulfide) groups is 1. The Morgan fingerprint density at radius 2 is 2.41 bits per heavy atom. The lowest BCUT2D eigenvalue weighted by atomic mass is 10.1. The number of hydrogen-bond acceptors (Lipinski definition) is 3. The average Bonchev–Trinajstić information content (AvgIpc) is 2.68. The molecule has 0 spiro atoms. The molecule has 1 aromatic rings. The molecule has 1 N–H and O–H groups in total. The maximum Gasteiger partial charge on any atom is 0.123 e. The van der Waals surface area contributed by atoms with Gasteiger partial charge in [0.25, 0.3) is 0 Å². The van der Waals surface area contributed by atoms with Crippen LogP contribution in [0.4, 0.5) is 0 Å². The Bertz CT molecular complexity index is 384. The minimum Gasteiger partial charge on any atom is -0.489 e. The van der Waals surface area contributed by atoms with Crippen LogP contribution in [0, 0.1) is 0 Å². The van der Waals surface area contributed by atoms with Crippen LogP contribution in [0.1, 0.15) is 18.9 Å². The number of halogens is 1. The first-order valence-electron chi connectivity index (χ1n) is 5.86. The highest BCUT2D eigenvalue weighted by Crippen LogP contribution is 2.32. The van der Waals surface area contributed by atoms with Crippen molar-refractivity contribution in [2.24, 2.45) is 0 Å². The third kappa shape index (κ3) is 3.54. The van der Waals surface area contributed by atoms with Crippen molar-refractivity contribution in [2.45, 2.75) is 31.1 Å². The van der Waals surface area contributed by atoms with E-state index in [1.54, 1.807) is 0 Å². The Morgan fingerprint density at radius 1 is 1.59 bits per heavy atom. The number of aliphatic hydroxyl groups is 1. The van der Waals surface area contributed by atoms with Gasteiger partial charge >= 0.3 is 0 Å². The smallest absolute Gasteiger partial charge is 0.123 e. The van der Waals surface area contributed by atoms with E-state index in [1.807, 2.05) is 30.0 Å². The quantitative estimate of drug-likeness (QED) is 0.893. The summed E-state index contributed by atoms with van der Waals surface area (Å²) in [4.78, 5) is 0. The van der Waals surface area contributed by atoms with Gasteiger partial charge in [-0.2, -0.15) is 11.8 Å². The third-order valence-corrected chi connectivity index (χ3v) is 4.47. The zero-order valence-electron chi connectivity index (χ0n) is 9.86. The number of aliphatic hydroxyl groups excluding tert-OH is 1. The fourth-order valence-corrected chi connectivity index (χ4v) is 3.11. The zero-order valence-corrected chi connectivity index (χ0v) is 11.4. The van der Waals surface area contributed by atoms with Crippen molar-refractivity contribution < 1.29 is 9.84 Å². The Hall–Kier alpha value is -0.380. The first-order chi connectivity index (χ1) is 8.19. The van der Waals surface area contributed by atoms with Gasteiger partial charge in [0.15, 0.2) is 0 Å². The predicted octanol–water partition coefficient (Wildman–Crippen LogP) is 3.15. The van der Waals surface area contributed by atoms with Crippen LogP contribution in [0.2, 0.25) is 5.02 Å². The van der Waals surface area contributed by atoms with E-state index in [1.165, 1.54) is 5.56 Å². The molecule has 4 heteroatoms. The van der Waals surface area contributed by atoms with Crippen LogP contribution in [-0.2, 0) is 6.42 Å². The molecule has 0 radical (unpaired) electrons. The fourth-order valence-electron chi connectivity index (χ4n) is 1.92. The summed E-state index contributed by atoms with van der Waals surface area (Å²) in [5.74, 6) is 1.93. The molecular weight excluding hydrogens is 256 g/mol. The summed E-state index contributed by atoms with van der Waals surface area (Å²) in [6, 6.07) is 5.79. The number of ether oxygens (including phenoxy) is 1. The van der Waals surface area contributed by atoms with Crippen molar-refractivity contribution >= 4 is 23.4 Å². The monoisotopic (exact) mass is 272 g/mol. The summed E-state index contributed by atoms with van der Waals surface area (Å²) in [6.07, 6.45) is 2.03. The summed E-state index contributed by atoms with van der Waals surface area (Å²) < 4.78 is 5.85. The van der Waals surface area contributed by atoms with Crippen LogP contribution in [0.3, 0.4) is 0 Å². The van der Waals surface area contributed by atoms with Crippen molar-refractivity contribution in [3.63, 3.8) is 0 Å². The maximum atomic E-state index is 8.84. The molecule has 1 aromatic carbocycles. The summed E-state index contributed by atoms with van der Waals surface area (Å²) in [7, 11) is 0. The first kappa shape index (κ1) is 13.1. The number of rotatable bonds is 5. The van der Waals surface area contributed by atoms with E-state index >= 15 is 0 Å². The van der Waals surface area contributed by atoms with Gasteiger partial charge in [0, 0.05) is 29.1 Å². The van der Waals surface area contributed by atoms with Crippen LogP contribution in [-0.4, -0.2) is 28.8 Å². The van der Waals surface area contributed by atoms with Crippen molar-refractivity contribution in [3.05, 3.63) is 28.8 Å². The lowest BCUT2D eigenvalue weighted by molar-refractivity contribution is 0.258. The van der Waals surface area contributed by atoms with Crippen molar-refractivity contribution in [1.29, 1.82) is 0 Å². The third-order valence-electron chi connectivity index (χ3n) is 2.87. The molecule has 0 amide bonds. The molecule has 1 aliphatic rings. The summed E-state index contributed by atoms with van der Waals surface area (Å²) in [5, 5.41) is 10.1. The Balaban J connectivity index is 1.84. The van der Waals surface area contributed by atoms with Gasteiger partial charge in [-0.25, -0.2) is 0 Å². The van der Waals surface area contributed by atoms with Gasteiger partial charge in [-0.3, -0.25) is 0 Å². The molecule has 0 aromatic heterocycles. The minimum atomic E-state index is 0.245. The standard InChI is InChI=1S/C13H17ClO2S/c1-9(4-5-15)17-8-12-7-10-6-11(14)2-3-13(10)16-12/h2-3,6,9,12,15H,4-5,7-8H2,1H3. The second kappa shape index (κ2) is 5.98. The molecule has 2 nitrogen and oxygen atoms in total. The number of hydrogen-bond donors (Lipinski definition) is 1. The van der Waals surface area contributed by atoms with Crippen LogP contribution in [0.5, 0.6) is 5.75 Å². The zero-order chi connectivity index (χ0) is 12.3. The second-order valence-electron chi connectivity index (χ2n) is 4.35. The van der Waals surface area contributed by atoms with E-state index in [2.05, 4.69) is 6.92 Å². The number of fused-ring (bicyclic) bond motifs is 1. The average molecular weight is 273 g/mol. The predicted molar refractivity (Wildman–Crippen MR) is 73.2 cm³/mol. The van der Waals surface area contributed by atoms with Crippen LogP contribution in [0.25, 0.3) is 0 Å². The Kier molecular flexibility index (Phi) is 4.60. The van der Waals surface area contributed by atoms with Crippen molar-refractivity contribution in [2.75, 3.05) is 12.4 Å². The van der Waals surface area contributed by atoms with Gasteiger partial charge in [-0.15, -0.1) is 0 Å². The van der Waals surface area contributed by atoms with Gasteiger partial charge in [-0.05, 0) is 30.2 Å². The molecular formula is C13H17ClO2S. The van der Waals surface area contributed by atoms with E-state index in [0.29, 0.717) is 5.25 Å². The molecule has 0 fully saturated rings. The largest absolute Gasteiger partial charge is 0.489 e. The molecule has 0 saturated heterocycles. The molecule has 1 heterocycles. The fraction of sp³-hybridized carbons (Fsp3) is 0.538. The van der Waals surface area contributed by atoms with Gasteiger partial charge in [0.1, 0.15) is 11.9 Å². The molecule has 2 rings (SSSR count). The molecule has 2 unspecified atom stereocenters. The maximum absolute atomic E-state index is 8.84. The summed E-state index contributed by atoms with van der Waals surface area (Å²) >= 11 is 7.81. The molecule has 94 valence electrons. The number of benzene rings is 1. The highest BCUT2D eigenvalue weighted by atomic mass is 35.5. The van der Waals surface area contributed by atoms with E-state index in [-0.39, 0.29) is 12.7 Å². The first-order valence-corrected chi connectivity index (χ1v) is 7.29. The van der Waals surface area contributed by atoms with E-state index in [9.17, 15) is 0 Å². The van der Waals surface area contributed by atoms with E-state index in [0.717, 1.165) is 29.4 Å². The molecule has 17 heavy (non-hydrogen) atoms. The lowest BCUT2D eigenvalue weighted by Crippen LogP contribution is -2.18. The second-order valence-corrected chi connectivity index (χ2v) is 6.26. The SMILES string of the molecule is CC(CCO)SCC1Cc2cc(Cl)ccc2O1. The van der Waals surface area contributed by atoms with Gasteiger partial charge in [0.2, 0.25) is 0 Å². The van der Waals surface area contributed by atoms with Crippen LogP contribution < -0.4 is 4.74 Å². The summed E-state index contributed by atoms with van der Waals surface area (Å²) in [6.45, 7) is 2.40. The van der Waals surface area contributed by atoms with Gasteiger partial charge in [0.05, 0.1) is 0 Å². The lowest BCUT2D eigenvalue weighted by Gasteiger charge is -2.13. The minimum absolute atomic E-state index is 0.245.